The monoisotopic (exact) mass is 432 g/mol. The first-order valence-electron chi connectivity index (χ1n) is 11.6. The van der Waals surface area contributed by atoms with Crippen LogP contribution in [0.3, 0.4) is 0 Å². The molecule has 1 aromatic heterocycles. The van der Waals surface area contributed by atoms with E-state index in [9.17, 15) is 0 Å². The Balaban J connectivity index is 1.14. The smallest absolute Gasteiger partial charge is 0.193 e. The van der Waals surface area contributed by atoms with Gasteiger partial charge in [0.15, 0.2) is 5.96 Å². The summed E-state index contributed by atoms with van der Waals surface area (Å²) in [7, 11) is 1.87. The number of para-hydroxylation sites is 2. The van der Waals surface area contributed by atoms with Gasteiger partial charge < -0.3 is 19.5 Å². The van der Waals surface area contributed by atoms with E-state index < -0.39 is 0 Å². The van der Waals surface area contributed by atoms with Gasteiger partial charge in [0.2, 0.25) is 0 Å². The van der Waals surface area contributed by atoms with Gasteiger partial charge in [-0.2, -0.15) is 0 Å². The van der Waals surface area contributed by atoms with Crippen LogP contribution in [0.25, 0.3) is 11.0 Å². The Hall–Kier alpha value is -2.90. The molecule has 7 nitrogen and oxygen atoms in total. The van der Waals surface area contributed by atoms with E-state index in [1.54, 1.807) is 0 Å². The lowest BCUT2D eigenvalue weighted by Crippen LogP contribution is -2.50. The summed E-state index contributed by atoms with van der Waals surface area (Å²) in [6.07, 6.45) is 3.18. The van der Waals surface area contributed by atoms with Gasteiger partial charge in [-0.25, -0.2) is 4.98 Å². The molecule has 0 aliphatic carbocycles. The first-order valence-corrected chi connectivity index (χ1v) is 11.6. The van der Waals surface area contributed by atoms with E-state index in [-0.39, 0.29) is 6.10 Å². The molecule has 1 N–H and O–H groups in total. The molecule has 2 unspecified atom stereocenters. The number of nitrogens with one attached hydrogen (secondary N) is 1. The van der Waals surface area contributed by atoms with Gasteiger partial charge in [-0.1, -0.05) is 42.5 Å². The molecular weight excluding hydrogens is 400 g/mol. The highest BCUT2D eigenvalue weighted by molar-refractivity contribution is 5.80. The third-order valence-corrected chi connectivity index (χ3v) is 6.54. The molecule has 0 spiro atoms. The molecule has 3 aromatic rings. The largest absolute Gasteiger partial charge is 0.373 e. The van der Waals surface area contributed by atoms with Crippen molar-refractivity contribution in [3.05, 3.63) is 66.5 Å². The second-order valence-electron chi connectivity index (χ2n) is 8.59. The number of aryl methyl sites for hydroxylation is 1. The van der Waals surface area contributed by atoms with Crippen LogP contribution >= 0.6 is 0 Å². The number of aliphatic imine (C=N–C) groups is 1. The molecule has 3 heterocycles. The summed E-state index contributed by atoms with van der Waals surface area (Å²) >= 11 is 0. The Labute approximate surface area is 189 Å². The zero-order chi connectivity index (χ0) is 21.8. The number of imidazole rings is 1. The standard InChI is InChI=1S/C25H32N6O/c1-26-25(27-12-7-13-30-19-28-21-10-5-6-11-22(21)30)31-17-23-24(18-31)32-15-14-29(23)16-20-8-3-2-4-9-20/h2-6,8-11,19,23-24H,7,12-18H2,1H3,(H,26,27). The number of ether oxygens (including phenoxy) is 1. The maximum Gasteiger partial charge on any atom is 0.193 e. The van der Waals surface area contributed by atoms with Crippen molar-refractivity contribution in [2.45, 2.75) is 31.7 Å². The maximum atomic E-state index is 6.13. The molecule has 0 saturated carbocycles. The van der Waals surface area contributed by atoms with Gasteiger partial charge >= 0.3 is 0 Å². The molecule has 0 radical (unpaired) electrons. The SMILES string of the molecule is CN=C(NCCCn1cnc2ccccc21)N1CC2OCCN(Cc3ccccc3)C2C1. The lowest BCUT2D eigenvalue weighted by molar-refractivity contribution is -0.0502. The topological polar surface area (TPSA) is 57.9 Å². The molecule has 2 fully saturated rings. The van der Waals surface area contributed by atoms with Crippen molar-refractivity contribution < 1.29 is 4.74 Å². The van der Waals surface area contributed by atoms with Crippen LogP contribution in [0.5, 0.6) is 0 Å². The van der Waals surface area contributed by atoms with Gasteiger partial charge in [0.1, 0.15) is 0 Å². The molecule has 2 aromatic carbocycles. The third kappa shape index (κ3) is 4.49. The number of rotatable bonds is 6. The number of guanidine groups is 1. The maximum absolute atomic E-state index is 6.13. The zero-order valence-electron chi connectivity index (χ0n) is 18.7. The molecule has 2 aliphatic rings. The van der Waals surface area contributed by atoms with Crippen molar-refractivity contribution in [2.75, 3.05) is 39.8 Å². The van der Waals surface area contributed by atoms with Gasteiger partial charge in [-0.15, -0.1) is 0 Å². The highest BCUT2D eigenvalue weighted by Gasteiger charge is 2.41. The van der Waals surface area contributed by atoms with Crippen molar-refractivity contribution in [1.82, 2.24) is 24.7 Å². The van der Waals surface area contributed by atoms with Crippen LogP contribution in [0.2, 0.25) is 0 Å². The minimum absolute atomic E-state index is 0.239. The van der Waals surface area contributed by atoms with Crippen molar-refractivity contribution in [1.29, 1.82) is 0 Å². The van der Waals surface area contributed by atoms with Crippen LogP contribution in [-0.2, 0) is 17.8 Å². The van der Waals surface area contributed by atoms with Crippen LogP contribution < -0.4 is 5.32 Å². The molecule has 2 saturated heterocycles. The summed E-state index contributed by atoms with van der Waals surface area (Å²) in [6, 6.07) is 19.4. The molecule has 7 heteroatoms. The summed E-state index contributed by atoms with van der Waals surface area (Å²) in [5.41, 5.74) is 3.60. The highest BCUT2D eigenvalue weighted by Crippen LogP contribution is 2.24. The van der Waals surface area contributed by atoms with Gasteiger partial charge in [0.25, 0.3) is 0 Å². The third-order valence-electron chi connectivity index (χ3n) is 6.54. The van der Waals surface area contributed by atoms with Crippen LogP contribution in [-0.4, -0.2) is 77.3 Å². The number of hydrogen-bond acceptors (Lipinski definition) is 4. The van der Waals surface area contributed by atoms with E-state index in [2.05, 4.69) is 78.2 Å². The van der Waals surface area contributed by atoms with Crippen LogP contribution in [0.1, 0.15) is 12.0 Å². The molecule has 0 bridgehead atoms. The first-order chi connectivity index (χ1) is 15.8. The zero-order valence-corrected chi connectivity index (χ0v) is 18.7. The Bertz CT molecular complexity index is 1050. The lowest BCUT2D eigenvalue weighted by atomic mass is 10.1. The summed E-state index contributed by atoms with van der Waals surface area (Å²) in [6.45, 7) is 6.40. The van der Waals surface area contributed by atoms with E-state index in [4.69, 9.17) is 4.74 Å². The summed E-state index contributed by atoms with van der Waals surface area (Å²) in [5, 5.41) is 3.56. The Kier molecular flexibility index (Phi) is 6.36. The van der Waals surface area contributed by atoms with E-state index >= 15 is 0 Å². The first kappa shape index (κ1) is 21.0. The van der Waals surface area contributed by atoms with Crippen molar-refractivity contribution in [3.63, 3.8) is 0 Å². The van der Waals surface area contributed by atoms with Gasteiger partial charge in [-0.05, 0) is 24.1 Å². The predicted octanol–water partition coefficient (Wildman–Crippen LogP) is 2.59. The van der Waals surface area contributed by atoms with Gasteiger partial charge in [0.05, 0.1) is 36.1 Å². The Morgan fingerprint density at radius 1 is 1.12 bits per heavy atom. The summed E-state index contributed by atoms with van der Waals surface area (Å²) < 4.78 is 8.36. The summed E-state index contributed by atoms with van der Waals surface area (Å²) in [5.74, 6) is 0.971. The molecule has 5 rings (SSSR count). The number of hydrogen-bond donors (Lipinski definition) is 1. The van der Waals surface area contributed by atoms with Crippen molar-refractivity contribution in [2.24, 2.45) is 4.99 Å². The van der Waals surface area contributed by atoms with Crippen molar-refractivity contribution in [3.8, 4) is 0 Å². The molecular formula is C25H32N6O. The molecule has 32 heavy (non-hydrogen) atoms. The van der Waals surface area contributed by atoms with Crippen LogP contribution in [0, 0.1) is 0 Å². The quantitative estimate of drug-likeness (QED) is 0.369. The Morgan fingerprint density at radius 3 is 2.84 bits per heavy atom. The fourth-order valence-electron chi connectivity index (χ4n) is 4.92. The Morgan fingerprint density at radius 2 is 1.97 bits per heavy atom. The molecule has 2 aliphatic heterocycles. The number of morpholine rings is 1. The lowest BCUT2D eigenvalue weighted by Gasteiger charge is -2.36. The van der Waals surface area contributed by atoms with Crippen molar-refractivity contribution >= 4 is 17.0 Å². The number of aromatic nitrogens is 2. The van der Waals surface area contributed by atoms with Gasteiger partial charge in [0, 0.05) is 46.3 Å². The second kappa shape index (κ2) is 9.71. The van der Waals surface area contributed by atoms with Gasteiger partial charge in [-0.3, -0.25) is 9.89 Å². The van der Waals surface area contributed by atoms with E-state index in [0.717, 1.165) is 63.8 Å². The highest BCUT2D eigenvalue weighted by atomic mass is 16.5. The molecule has 0 amide bonds. The van der Waals surface area contributed by atoms with Crippen LogP contribution in [0.4, 0.5) is 0 Å². The number of benzene rings is 2. The number of nitrogens with zero attached hydrogens (tertiary/aromatic N) is 5. The van der Waals surface area contributed by atoms with E-state index in [0.29, 0.717) is 6.04 Å². The fourth-order valence-corrected chi connectivity index (χ4v) is 4.92. The van der Waals surface area contributed by atoms with E-state index in [1.807, 2.05) is 19.4 Å². The second-order valence-corrected chi connectivity index (χ2v) is 8.59. The van der Waals surface area contributed by atoms with E-state index in [1.165, 1.54) is 11.1 Å². The molecule has 2 atom stereocenters. The summed E-state index contributed by atoms with van der Waals surface area (Å²) in [4.78, 5) is 14.0. The van der Waals surface area contributed by atoms with Crippen LogP contribution in [0.15, 0.2) is 65.9 Å². The average molecular weight is 433 g/mol. The number of fused-ring (bicyclic) bond motifs is 2. The minimum atomic E-state index is 0.239. The normalized spacial score (nSPS) is 21.8. The molecule has 168 valence electrons. The average Bonchev–Trinajstić information content (AvgIpc) is 3.45. The predicted molar refractivity (Wildman–Crippen MR) is 128 cm³/mol. The fraction of sp³-hybridized carbons (Fsp3) is 0.440. The number of likely N-dealkylation sites (tertiary alicyclic amines) is 1. The minimum Gasteiger partial charge on any atom is -0.373 e.